The first-order valence-electron chi connectivity index (χ1n) is 29.8. The number of ether oxygens (including phenoxy) is 2. The minimum absolute atomic E-state index is 0.0815. The maximum atomic E-state index is 12.2. The van der Waals surface area contributed by atoms with Crippen molar-refractivity contribution in [2.45, 2.75) is 315 Å². The number of aliphatic hydroxyl groups is 1. The van der Waals surface area contributed by atoms with Crippen molar-refractivity contribution >= 4 is 11.9 Å². The van der Waals surface area contributed by atoms with Crippen molar-refractivity contribution < 1.29 is 24.2 Å². The number of hydrogen-bond acceptors (Lipinski definition) is 5. The molecule has 396 valence electrons. The molecular formula is C63H114O5. The van der Waals surface area contributed by atoms with E-state index in [-0.39, 0.29) is 25.2 Å². The lowest BCUT2D eigenvalue weighted by Crippen LogP contribution is -2.28. The van der Waals surface area contributed by atoms with E-state index in [1.807, 2.05) is 0 Å². The van der Waals surface area contributed by atoms with Gasteiger partial charge in [-0.1, -0.05) is 280 Å². The summed E-state index contributed by atoms with van der Waals surface area (Å²) in [5.41, 5.74) is 0. The molecule has 68 heavy (non-hydrogen) atoms. The molecule has 0 aromatic carbocycles. The number of rotatable bonds is 55. The lowest BCUT2D eigenvalue weighted by atomic mass is 10.0. The molecule has 1 N–H and O–H groups in total. The Labute approximate surface area is 423 Å². The van der Waals surface area contributed by atoms with Crippen LogP contribution in [0.25, 0.3) is 0 Å². The average Bonchev–Trinajstić information content (AvgIpc) is 3.34. The Morgan fingerprint density at radius 2 is 0.632 bits per heavy atom. The van der Waals surface area contributed by atoms with E-state index in [0.717, 1.165) is 64.2 Å². The van der Waals surface area contributed by atoms with Gasteiger partial charge in [0.05, 0.1) is 6.61 Å². The first-order valence-corrected chi connectivity index (χ1v) is 29.8. The highest BCUT2D eigenvalue weighted by atomic mass is 16.6. The van der Waals surface area contributed by atoms with Crippen molar-refractivity contribution in [3.05, 3.63) is 60.8 Å². The highest BCUT2D eigenvalue weighted by Gasteiger charge is 2.16. The Hall–Kier alpha value is -2.40. The molecule has 1 atom stereocenters. The Morgan fingerprint density at radius 1 is 0.353 bits per heavy atom. The third-order valence-electron chi connectivity index (χ3n) is 13.3. The molecule has 5 nitrogen and oxygen atoms in total. The summed E-state index contributed by atoms with van der Waals surface area (Å²) in [5, 5.41) is 9.62. The summed E-state index contributed by atoms with van der Waals surface area (Å²) < 4.78 is 10.6. The topological polar surface area (TPSA) is 72.8 Å². The third-order valence-corrected chi connectivity index (χ3v) is 13.3. The van der Waals surface area contributed by atoms with Crippen LogP contribution in [0.15, 0.2) is 60.8 Å². The maximum absolute atomic E-state index is 12.2. The van der Waals surface area contributed by atoms with Gasteiger partial charge in [-0.3, -0.25) is 9.59 Å². The summed E-state index contributed by atoms with van der Waals surface area (Å²) in [7, 11) is 0. The minimum Gasteiger partial charge on any atom is -0.462 e. The molecule has 0 aliphatic heterocycles. The molecule has 0 radical (unpaired) electrons. The molecule has 0 aromatic rings. The van der Waals surface area contributed by atoms with E-state index in [2.05, 4.69) is 74.6 Å². The van der Waals surface area contributed by atoms with Crippen molar-refractivity contribution in [3.63, 3.8) is 0 Å². The molecule has 0 saturated heterocycles. The maximum Gasteiger partial charge on any atom is 0.306 e. The summed E-state index contributed by atoms with van der Waals surface area (Å²) >= 11 is 0. The summed E-state index contributed by atoms with van der Waals surface area (Å²) in [6.07, 6.45) is 79.6. The number of aliphatic hydroxyl groups excluding tert-OH is 1. The molecule has 1 unspecified atom stereocenters. The van der Waals surface area contributed by atoms with E-state index in [1.165, 1.54) is 218 Å². The molecule has 0 fully saturated rings. The van der Waals surface area contributed by atoms with Crippen molar-refractivity contribution in [1.29, 1.82) is 0 Å². The van der Waals surface area contributed by atoms with Crippen molar-refractivity contribution in [2.75, 3.05) is 13.2 Å². The van der Waals surface area contributed by atoms with Crippen molar-refractivity contribution in [1.82, 2.24) is 0 Å². The van der Waals surface area contributed by atoms with E-state index >= 15 is 0 Å². The van der Waals surface area contributed by atoms with Crippen LogP contribution in [-0.2, 0) is 19.1 Å². The van der Waals surface area contributed by atoms with Gasteiger partial charge in [0.1, 0.15) is 6.61 Å². The van der Waals surface area contributed by atoms with Crippen LogP contribution < -0.4 is 0 Å². The summed E-state index contributed by atoms with van der Waals surface area (Å²) in [5.74, 6) is -0.630. The lowest BCUT2D eigenvalue weighted by molar-refractivity contribution is -0.161. The fourth-order valence-corrected chi connectivity index (χ4v) is 8.84. The van der Waals surface area contributed by atoms with Crippen LogP contribution in [0, 0.1) is 0 Å². The van der Waals surface area contributed by atoms with Crippen LogP contribution in [0.4, 0.5) is 0 Å². The fourth-order valence-electron chi connectivity index (χ4n) is 8.84. The van der Waals surface area contributed by atoms with E-state index in [0.29, 0.717) is 12.8 Å². The van der Waals surface area contributed by atoms with Crippen LogP contribution in [0.1, 0.15) is 309 Å². The molecule has 0 aliphatic rings. The molecule has 0 bridgehead atoms. The van der Waals surface area contributed by atoms with Gasteiger partial charge in [-0.2, -0.15) is 0 Å². The van der Waals surface area contributed by atoms with Crippen LogP contribution >= 0.6 is 0 Å². The largest absolute Gasteiger partial charge is 0.462 e. The predicted molar refractivity (Wildman–Crippen MR) is 297 cm³/mol. The number of unbranched alkanes of at least 4 members (excludes halogenated alkanes) is 37. The quantitative estimate of drug-likeness (QED) is 0.0374. The average molecular weight is 952 g/mol. The molecule has 0 aromatic heterocycles. The first-order chi connectivity index (χ1) is 33.6. The Bertz CT molecular complexity index is 1170. The molecule has 5 heteroatoms. The van der Waals surface area contributed by atoms with Crippen molar-refractivity contribution in [2.24, 2.45) is 0 Å². The number of carbonyl (C=O) groups is 2. The van der Waals surface area contributed by atoms with Gasteiger partial charge in [-0.15, -0.1) is 0 Å². The van der Waals surface area contributed by atoms with Gasteiger partial charge in [-0.25, -0.2) is 0 Å². The normalized spacial score (nSPS) is 12.6. The predicted octanol–water partition coefficient (Wildman–Crippen LogP) is 20.2. The van der Waals surface area contributed by atoms with Gasteiger partial charge in [0.2, 0.25) is 0 Å². The monoisotopic (exact) mass is 951 g/mol. The van der Waals surface area contributed by atoms with Crippen LogP contribution in [0.2, 0.25) is 0 Å². The molecule has 0 saturated carbocycles. The van der Waals surface area contributed by atoms with Gasteiger partial charge in [0.15, 0.2) is 6.10 Å². The van der Waals surface area contributed by atoms with Crippen molar-refractivity contribution in [3.8, 4) is 0 Å². The summed E-state index contributed by atoms with van der Waals surface area (Å²) in [6, 6.07) is 0. The SMILES string of the molecule is CC/C=C\C/C=C\C/C=C\C/C=C\CCCCC(=O)OC(CO)COC(=O)CCCCCCCCCCCCCCCCCCCCCCCCCCCCC/C=C\CCCCCCCCCC. The van der Waals surface area contributed by atoms with Crippen LogP contribution in [0.3, 0.4) is 0 Å². The molecule has 0 rings (SSSR count). The van der Waals surface area contributed by atoms with Gasteiger partial charge in [-0.05, 0) is 77.0 Å². The van der Waals surface area contributed by atoms with Crippen LogP contribution in [0.5, 0.6) is 0 Å². The van der Waals surface area contributed by atoms with Gasteiger partial charge < -0.3 is 14.6 Å². The van der Waals surface area contributed by atoms with E-state index in [4.69, 9.17) is 9.47 Å². The van der Waals surface area contributed by atoms with Crippen LogP contribution in [-0.4, -0.2) is 36.4 Å². The number of esters is 2. The van der Waals surface area contributed by atoms with Gasteiger partial charge in [0, 0.05) is 12.8 Å². The zero-order valence-electron chi connectivity index (χ0n) is 45.4. The highest BCUT2D eigenvalue weighted by molar-refractivity contribution is 5.70. The third kappa shape index (κ3) is 56.2. The first kappa shape index (κ1) is 65.6. The second-order valence-electron chi connectivity index (χ2n) is 20.0. The zero-order valence-corrected chi connectivity index (χ0v) is 45.4. The summed E-state index contributed by atoms with van der Waals surface area (Å²) in [4.78, 5) is 24.4. The molecule has 0 amide bonds. The highest BCUT2D eigenvalue weighted by Crippen LogP contribution is 2.17. The number of allylic oxidation sites excluding steroid dienone is 10. The lowest BCUT2D eigenvalue weighted by Gasteiger charge is -2.15. The Balaban J connectivity index is 3.38. The minimum atomic E-state index is -0.794. The van der Waals surface area contributed by atoms with Gasteiger partial charge in [0.25, 0.3) is 0 Å². The summed E-state index contributed by atoms with van der Waals surface area (Å²) in [6.45, 7) is 4.01. The molecule has 0 heterocycles. The van der Waals surface area contributed by atoms with E-state index in [1.54, 1.807) is 0 Å². The second kappa shape index (κ2) is 58.9. The van der Waals surface area contributed by atoms with E-state index < -0.39 is 6.10 Å². The van der Waals surface area contributed by atoms with Gasteiger partial charge >= 0.3 is 11.9 Å². The van der Waals surface area contributed by atoms with E-state index in [9.17, 15) is 14.7 Å². The fraction of sp³-hybridized carbons (Fsp3) is 0.810. The number of carbonyl (C=O) groups excluding carboxylic acids is 2. The molecule has 0 aliphatic carbocycles. The molecular weight excluding hydrogens is 837 g/mol. The zero-order chi connectivity index (χ0) is 49.2. The molecule has 0 spiro atoms. The smallest absolute Gasteiger partial charge is 0.306 e. The Morgan fingerprint density at radius 3 is 1.00 bits per heavy atom. The number of hydrogen-bond donors (Lipinski definition) is 1. The Kier molecular flexibility index (Phi) is 56.8. The standard InChI is InChI=1S/C63H114O5/c1-3-5-7-9-11-13-15-17-19-20-21-22-23-24-25-26-27-28-29-30-31-32-33-34-35-36-37-38-39-40-41-42-44-45-47-49-51-53-55-57-62(65)67-60-61(59-64)68-63(66)58-56-54-52-50-48-46-43-18-16-14-12-10-8-6-4-2/h6,8,12,14,18,20-21,43,48,50,61,64H,3-5,7,9-11,13,15-17,19,22-42,44-47,49,51-60H2,1-2H3/b8-6-,14-12-,21-20-,43-18-,50-48-. The second-order valence-corrected chi connectivity index (χ2v) is 20.0.